The number of phenolic OH excluding ortho intramolecular Hbond substituents is 6. The average molecular weight is 390 g/mol. The van der Waals surface area contributed by atoms with E-state index < -0.39 is 0 Å². The maximum absolute atomic E-state index is 10.1. The molecule has 0 saturated carbocycles. The fourth-order valence-corrected chi connectivity index (χ4v) is 3.95. The molecule has 6 N–H and O–H groups in total. The van der Waals surface area contributed by atoms with Crippen LogP contribution in [0.25, 0.3) is 0 Å². The maximum Gasteiger partial charge on any atom is 0.133 e. The summed E-state index contributed by atoms with van der Waals surface area (Å²) in [7, 11) is 0. The molecule has 0 saturated heterocycles. The standard InChI is InChI=1S/C18H14O6S2/c19-9-1-3-15(11(21)5-9)25-17-8-18(14(24)7-13(17)23)26-16-4-2-10(20)6-12(16)22/h1-8,19-24H. The lowest BCUT2D eigenvalue weighted by atomic mass is 10.3. The summed E-state index contributed by atoms with van der Waals surface area (Å²) < 4.78 is 0. The van der Waals surface area contributed by atoms with Crippen LogP contribution in [-0.2, 0) is 0 Å². The van der Waals surface area contributed by atoms with Gasteiger partial charge >= 0.3 is 0 Å². The van der Waals surface area contributed by atoms with Crippen molar-refractivity contribution in [2.24, 2.45) is 0 Å². The third-order valence-electron chi connectivity index (χ3n) is 3.37. The van der Waals surface area contributed by atoms with Crippen LogP contribution in [0.5, 0.6) is 34.5 Å². The largest absolute Gasteiger partial charge is 0.508 e. The number of phenols is 6. The van der Waals surface area contributed by atoms with Gasteiger partial charge in [0.1, 0.15) is 34.5 Å². The van der Waals surface area contributed by atoms with Gasteiger partial charge in [0, 0.05) is 18.2 Å². The normalized spacial score (nSPS) is 10.8. The summed E-state index contributed by atoms with van der Waals surface area (Å²) in [5.41, 5.74) is 0. The first-order chi connectivity index (χ1) is 12.3. The van der Waals surface area contributed by atoms with E-state index in [1.165, 1.54) is 48.5 Å². The maximum atomic E-state index is 10.1. The Balaban J connectivity index is 1.94. The van der Waals surface area contributed by atoms with E-state index in [-0.39, 0.29) is 34.5 Å². The minimum atomic E-state index is -0.181. The van der Waals surface area contributed by atoms with Crippen LogP contribution in [-0.4, -0.2) is 30.6 Å². The minimum Gasteiger partial charge on any atom is -0.508 e. The monoisotopic (exact) mass is 390 g/mol. The van der Waals surface area contributed by atoms with E-state index in [1.54, 1.807) is 0 Å². The lowest BCUT2D eigenvalue weighted by molar-refractivity contribution is 0.433. The molecule has 0 fully saturated rings. The van der Waals surface area contributed by atoms with Gasteiger partial charge < -0.3 is 30.6 Å². The molecule has 0 unspecified atom stereocenters. The van der Waals surface area contributed by atoms with Crippen molar-refractivity contribution >= 4 is 23.5 Å². The molecule has 0 aliphatic heterocycles. The van der Waals surface area contributed by atoms with Crippen LogP contribution in [0.3, 0.4) is 0 Å². The summed E-state index contributed by atoms with van der Waals surface area (Å²) in [6, 6.07) is 10.9. The molecule has 0 aliphatic carbocycles. The Morgan fingerprint density at radius 1 is 0.423 bits per heavy atom. The Morgan fingerprint density at radius 2 is 0.808 bits per heavy atom. The first-order valence-corrected chi connectivity index (χ1v) is 8.92. The lowest BCUT2D eigenvalue weighted by Gasteiger charge is -2.11. The third kappa shape index (κ3) is 3.87. The first-order valence-electron chi connectivity index (χ1n) is 7.29. The van der Waals surface area contributed by atoms with Gasteiger partial charge in [-0.15, -0.1) is 0 Å². The van der Waals surface area contributed by atoms with Crippen molar-refractivity contribution in [3.05, 3.63) is 48.5 Å². The topological polar surface area (TPSA) is 121 Å². The van der Waals surface area contributed by atoms with E-state index >= 15 is 0 Å². The first kappa shape index (κ1) is 18.0. The highest BCUT2D eigenvalue weighted by Crippen LogP contribution is 2.46. The molecule has 8 heteroatoms. The number of benzene rings is 3. The van der Waals surface area contributed by atoms with Gasteiger partial charge in [-0.05, 0) is 30.3 Å². The Morgan fingerprint density at radius 3 is 1.19 bits per heavy atom. The Hall–Kier alpha value is -2.84. The zero-order valence-electron chi connectivity index (χ0n) is 13.1. The molecule has 0 atom stereocenters. The zero-order chi connectivity index (χ0) is 18.8. The molecule has 6 nitrogen and oxygen atoms in total. The number of aromatic hydroxyl groups is 6. The summed E-state index contributed by atoms with van der Waals surface area (Å²) in [5.74, 6) is -0.819. The Bertz CT molecular complexity index is 899. The Labute approximate surface area is 157 Å². The van der Waals surface area contributed by atoms with Crippen molar-refractivity contribution in [3.63, 3.8) is 0 Å². The molecular weight excluding hydrogens is 376 g/mol. The molecule has 0 radical (unpaired) electrons. The van der Waals surface area contributed by atoms with Crippen LogP contribution < -0.4 is 0 Å². The van der Waals surface area contributed by atoms with Crippen LogP contribution in [0.2, 0.25) is 0 Å². The van der Waals surface area contributed by atoms with E-state index in [0.717, 1.165) is 23.5 Å². The molecule has 0 bridgehead atoms. The summed E-state index contributed by atoms with van der Waals surface area (Å²) in [6.07, 6.45) is 0. The van der Waals surface area contributed by atoms with E-state index in [4.69, 9.17) is 0 Å². The smallest absolute Gasteiger partial charge is 0.133 e. The van der Waals surface area contributed by atoms with Gasteiger partial charge in [0.15, 0.2) is 0 Å². The van der Waals surface area contributed by atoms with E-state index in [1.807, 2.05) is 0 Å². The fourth-order valence-electron chi connectivity index (χ4n) is 2.12. The van der Waals surface area contributed by atoms with Gasteiger partial charge in [-0.3, -0.25) is 0 Å². The minimum absolute atomic E-state index is 0.0826. The molecule has 134 valence electrons. The second-order valence-electron chi connectivity index (χ2n) is 5.30. The van der Waals surface area contributed by atoms with Gasteiger partial charge in [0.05, 0.1) is 19.6 Å². The highest BCUT2D eigenvalue weighted by atomic mass is 32.2. The summed E-state index contributed by atoms with van der Waals surface area (Å²) in [5, 5.41) is 58.6. The third-order valence-corrected chi connectivity index (χ3v) is 5.59. The predicted octanol–water partition coefficient (Wildman–Crippen LogP) is 4.22. The van der Waals surface area contributed by atoms with E-state index in [0.29, 0.717) is 19.6 Å². The number of rotatable bonds is 4. The van der Waals surface area contributed by atoms with E-state index in [9.17, 15) is 30.6 Å². The van der Waals surface area contributed by atoms with Crippen molar-refractivity contribution in [1.82, 2.24) is 0 Å². The van der Waals surface area contributed by atoms with Crippen LogP contribution in [0.15, 0.2) is 68.1 Å². The van der Waals surface area contributed by atoms with Crippen LogP contribution in [0.4, 0.5) is 0 Å². The molecule has 26 heavy (non-hydrogen) atoms. The summed E-state index contributed by atoms with van der Waals surface area (Å²) >= 11 is 2.10. The van der Waals surface area contributed by atoms with Crippen molar-refractivity contribution in [3.8, 4) is 34.5 Å². The fraction of sp³-hybridized carbons (Fsp3) is 0. The number of hydrogen-bond acceptors (Lipinski definition) is 8. The molecule has 0 heterocycles. The lowest BCUT2D eigenvalue weighted by Crippen LogP contribution is -1.82. The zero-order valence-corrected chi connectivity index (χ0v) is 14.8. The van der Waals surface area contributed by atoms with Gasteiger partial charge in [-0.2, -0.15) is 0 Å². The van der Waals surface area contributed by atoms with Crippen molar-refractivity contribution < 1.29 is 30.6 Å². The highest BCUT2D eigenvalue weighted by Gasteiger charge is 2.15. The van der Waals surface area contributed by atoms with Crippen LogP contribution in [0.1, 0.15) is 0 Å². The molecule has 3 aromatic carbocycles. The Kier molecular flexibility index (Phi) is 4.97. The molecule has 0 aromatic heterocycles. The molecule has 3 aromatic rings. The molecule has 0 amide bonds. The number of hydrogen-bond donors (Lipinski definition) is 6. The van der Waals surface area contributed by atoms with Gasteiger partial charge in [0.2, 0.25) is 0 Å². The van der Waals surface area contributed by atoms with Gasteiger partial charge in [-0.1, -0.05) is 23.5 Å². The summed E-state index contributed by atoms with van der Waals surface area (Å²) in [6.45, 7) is 0. The average Bonchev–Trinajstić information content (AvgIpc) is 2.56. The molecule has 3 rings (SSSR count). The molecule has 0 spiro atoms. The quantitative estimate of drug-likeness (QED) is 0.392. The molecule has 0 aliphatic rings. The van der Waals surface area contributed by atoms with Crippen molar-refractivity contribution in [2.45, 2.75) is 19.6 Å². The van der Waals surface area contributed by atoms with Crippen LogP contribution in [0, 0.1) is 0 Å². The summed E-state index contributed by atoms with van der Waals surface area (Å²) in [4.78, 5) is 1.55. The second-order valence-corrected chi connectivity index (χ2v) is 7.46. The predicted molar refractivity (Wildman–Crippen MR) is 97.6 cm³/mol. The SMILES string of the molecule is Oc1ccc(Sc2cc(Sc3ccc(O)cc3O)c(O)cc2O)c(O)c1. The van der Waals surface area contributed by atoms with E-state index in [2.05, 4.69) is 0 Å². The van der Waals surface area contributed by atoms with Gasteiger partial charge in [0.25, 0.3) is 0 Å². The van der Waals surface area contributed by atoms with Gasteiger partial charge in [-0.25, -0.2) is 0 Å². The second kappa shape index (κ2) is 7.19. The van der Waals surface area contributed by atoms with Crippen molar-refractivity contribution in [2.75, 3.05) is 0 Å². The highest BCUT2D eigenvalue weighted by molar-refractivity contribution is 8.00. The van der Waals surface area contributed by atoms with Crippen molar-refractivity contribution in [1.29, 1.82) is 0 Å². The molecular formula is C18H14O6S2. The van der Waals surface area contributed by atoms with Crippen LogP contribution >= 0.6 is 23.5 Å².